The van der Waals surface area contributed by atoms with E-state index in [0.717, 1.165) is 5.76 Å². The first-order chi connectivity index (χ1) is 12.7. The summed E-state index contributed by atoms with van der Waals surface area (Å²) in [6.45, 7) is 6.22. The molecule has 0 aliphatic heterocycles. The summed E-state index contributed by atoms with van der Waals surface area (Å²) >= 11 is 0. The smallest absolute Gasteiger partial charge is 0.259 e. The highest BCUT2D eigenvalue weighted by Crippen LogP contribution is 2.20. The van der Waals surface area contributed by atoms with Crippen LogP contribution >= 0.6 is 0 Å². The predicted molar refractivity (Wildman–Crippen MR) is 100 cm³/mol. The molecule has 0 aliphatic rings. The van der Waals surface area contributed by atoms with E-state index in [-0.39, 0.29) is 5.91 Å². The molecule has 2 aromatic heterocycles. The number of nitrogens with zero attached hydrogens (tertiary/aromatic N) is 2. The fraction of sp³-hybridized carbons (Fsp3) is 0.143. The van der Waals surface area contributed by atoms with Crippen LogP contribution in [0.2, 0.25) is 0 Å². The summed E-state index contributed by atoms with van der Waals surface area (Å²) < 4.78 is 11.1. The van der Waals surface area contributed by atoms with Gasteiger partial charge in [0.05, 0.1) is 6.54 Å². The van der Waals surface area contributed by atoms with Crippen LogP contribution in [0.5, 0.6) is 5.75 Å². The molecule has 132 valence electrons. The summed E-state index contributed by atoms with van der Waals surface area (Å²) in [5.74, 6) is 2.60. The van der Waals surface area contributed by atoms with E-state index in [1.54, 1.807) is 47.5 Å². The lowest BCUT2D eigenvalue weighted by atomic mass is 10.2. The van der Waals surface area contributed by atoms with Crippen LogP contribution in [0, 0.1) is 6.92 Å². The zero-order valence-electron chi connectivity index (χ0n) is 14.6. The third-order valence-electron chi connectivity index (χ3n) is 3.75. The average molecular weight is 348 g/mol. The second-order valence-corrected chi connectivity index (χ2v) is 5.72. The number of amides is 1. The molecule has 1 aromatic carbocycles. The molecule has 2 heterocycles. The maximum Gasteiger partial charge on any atom is 0.259 e. The number of carbonyl (C=O) groups is 1. The number of anilines is 1. The molecule has 0 fully saturated rings. The Morgan fingerprint density at radius 2 is 2.00 bits per heavy atom. The third kappa shape index (κ3) is 4.19. The van der Waals surface area contributed by atoms with E-state index >= 15 is 0 Å². The number of aromatic nitrogens is 1. The lowest BCUT2D eigenvalue weighted by molar-refractivity contribution is 0.0982. The summed E-state index contributed by atoms with van der Waals surface area (Å²) in [5, 5.41) is 0. The number of aryl methyl sites for hydroxylation is 1. The Kier molecular flexibility index (Phi) is 5.49. The number of ether oxygens (including phenoxy) is 1. The molecule has 3 aromatic rings. The van der Waals surface area contributed by atoms with E-state index in [1.807, 2.05) is 31.2 Å². The minimum absolute atomic E-state index is 0.159. The van der Waals surface area contributed by atoms with Crippen LogP contribution in [-0.4, -0.2) is 17.5 Å². The zero-order valence-corrected chi connectivity index (χ0v) is 14.6. The van der Waals surface area contributed by atoms with Gasteiger partial charge in [-0.1, -0.05) is 18.7 Å². The summed E-state index contributed by atoms with van der Waals surface area (Å²) in [6, 6.07) is 16.2. The Morgan fingerprint density at radius 1 is 1.19 bits per heavy atom. The zero-order chi connectivity index (χ0) is 18.4. The van der Waals surface area contributed by atoms with Crippen molar-refractivity contribution in [3.05, 3.63) is 90.5 Å². The van der Waals surface area contributed by atoms with Crippen LogP contribution in [0.4, 0.5) is 5.82 Å². The summed E-state index contributed by atoms with van der Waals surface area (Å²) in [5.41, 5.74) is 0.546. The number of benzene rings is 1. The van der Waals surface area contributed by atoms with Gasteiger partial charge < -0.3 is 9.15 Å². The number of hydrogen-bond donors (Lipinski definition) is 0. The molecule has 1 amide bonds. The Hall–Kier alpha value is -3.34. The molecule has 5 nitrogen and oxygen atoms in total. The van der Waals surface area contributed by atoms with Gasteiger partial charge in [-0.3, -0.25) is 9.69 Å². The van der Waals surface area contributed by atoms with Crippen LogP contribution in [0.1, 0.15) is 21.9 Å². The Bertz CT molecular complexity index is 870. The van der Waals surface area contributed by atoms with E-state index in [1.165, 1.54) is 0 Å². The maximum absolute atomic E-state index is 13.1. The van der Waals surface area contributed by atoms with Crippen molar-refractivity contribution in [1.29, 1.82) is 0 Å². The van der Waals surface area contributed by atoms with Gasteiger partial charge in [0.25, 0.3) is 5.91 Å². The minimum atomic E-state index is -0.159. The van der Waals surface area contributed by atoms with Gasteiger partial charge in [-0.15, -0.1) is 0 Å². The Morgan fingerprint density at radius 3 is 2.62 bits per heavy atom. The molecule has 3 rings (SSSR count). The number of hydrogen-bond acceptors (Lipinski definition) is 4. The van der Waals surface area contributed by atoms with E-state index in [9.17, 15) is 4.79 Å². The molecule has 0 saturated heterocycles. The van der Waals surface area contributed by atoms with Crippen LogP contribution in [-0.2, 0) is 6.54 Å². The van der Waals surface area contributed by atoms with E-state index in [2.05, 4.69) is 11.6 Å². The van der Waals surface area contributed by atoms with Gasteiger partial charge >= 0.3 is 0 Å². The van der Waals surface area contributed by atoms with Crippen molar-refractivity contribution in [3.8, 4) is 5.75 Å². The molecule has 0 spiro atoms. The quantitative estimate of drug-likeness (QED) is 0.594. The number of pyridine rings is 1. The maximum atomic E-state index is 13.1. The van der Waals surface area contributed by atoms with Crippen molar-refractivity contribution in [2.24, 2.45) is 0 Å². The van der Waals surface area contributed by atoms with Crippen molar-refractivity contribution in [3.63, 3.8) is 0 Å². The van der Waals surface area contributed by atoms with Crippen molar-refractivity contribution >= 4 is 11.7 Å². The van der Waals surface area contributed by atoms with Gasteiger partial charge in [-0.2, -0.15) is 0 Å². The third-order valence-corrected chi connectivity index (χ3v) is 3.75. The first kappa shape index (κ1) is 17.5. The molecule has 0 bridgehead atoms. The largest absolute Gasteiger partial charge is 0.490 e. The second kappa shape index (κ2) is 8.16. The van der Waals surface area contributed by atoms with Gasteiger partial charge in [0.15, 0.2) is 0 Å². The molecule has 0 atom stereocenters. The number of carbonyl (C=O) groups excluding carboxylic acids is 1. The highest BCUT2D eigenvalue weighted by Gasteiger charge is 2.20. The SMILES string of the molecule is C=CCOc1ccc(C(=O)N(Cc2ccc(C)o2)c2ccccn2)cc1. The topological polar surface area (TPSA) is 55.6 Å². The van der Waals surface area contributed by atoms with E-state index < -0.39 is 0 Å². The van der Waals surface area contributed by atoms with Gasteiger partial charge in [0, 0.05) is 11.8 Å². The van der Waals surface area contributed by atoms with Crippen LogP contribution in [0.15, 0.2) is 77.9 Å². The second-order valence-electron chi connectivity index (χ2n) is 5.72. The highest BCUT2D eigenvalue weighted by atomic mass is 16.5. The standard InChI is InChI=1S/C21H20N2O3/c1-3-14-25-18-11-8-17(9-12-18)21(24)23(20-6-4-5-13-22-20)15-19-10-7-16(2)26-19/h3-13H,1,14-15H2,2H3. The molecular formula is C21H20N2O3. The summed E-state index contributed by atoms with van der Waals surface area (Å²) in [4.78, 5) is 19.0. The molecular weight excluding hydrogens is 328 g/mol. The molecule has 0 N–H and O–H groups in total. The Balaban J connectivity index is 1.85. The van der Waals surface area contributed by atoms with Gasteiger partial charge in [0.1, 0.15) is 29.7 Å². The van der Waals surface area contributed by atoms with Crippen LogP contribution in [0.3, 0.4) is 0 Å². The van der Waals surface area contributed by atoms with Crippen molar-refractivity contribution < 1.29 is 13.9 Å². The Labute approximate surface area is 152 Å². The van der Waals surface area contributed by atoms with Crippen molar-refractivity contribution in [2.45, 2.75) is 13.5 Å². The van der Waals surface area contributed by atoms with Gasteiger partial charge in [0.2, 0.25) is 0 Å². The van der Waals surface area contributed by atoms with Crippen molar-refractivity contribution in [1.82, 2.24) is 4.98 Å². The molecule has 0 radical (unpaired) electrons. The summed E-state index contributed by atoms with van der Waals surface area (Å²) in [6.07, 6.45) is 3.34. The normalized spacial score (nSPS) is 10.3. The number of rotatable bonds is 7. The fourth-order valence-electron chi connectivity index (χ4n) is 2.50. The average Bonchev–Trinajstić information content (AvgIpc) is 3.10. The van der Waals surface area contributed by atoms with Gasteiger partial charge in [-0.05, 0) is 55.5 Å². The van der Waals surface area contributed by atoms with Crippen LogP contribution < -0.4 is 9.64 Å². The molecule has 26 heavy (non-hydrogen) atoms. The predicted octanol–water partition coefficient (Wildman–Crippen LogP) is 4.39. The monoisotopic (exact) mass is 348 g/mol. The molecule has 0 aliphatic carbocycles. The highest BCUT2D eigenvalue weighted by molar-refractivity contribution is 6.05. The summed E-state index contributed by atoms with van der Waals surface area (Å²) in [7, 11) is 0. The lowest BCUT2D eigenvalue weighted by Gasteiger charge is -2.21. The molecule has 0 saturated carbocycles. The minimum Gasteiger partial charge on any atom is -0.490 e. The lowest BCUT2D eigenvalue weighted by Crippen LogP contribution is -2.31. The molecule has 5 heteroatoms. The molecule has 0 unspecified atom stereocenters. The first-order valence-corrected chi connectivity index (χ1v) is 8.29. The number of furan rings is 1. The fourth-order valence-corrected chi connectivity index (χ4v) is 2.50. The van der Waals surface area contributed by atoms with Gasteiger partial charge in [-0.25, -0.2) is 4.98 Å². The van der Waals surface area contributed by atoms with Crippen LogP contribution in [0.25, 0.3) is 0 Å². The van der Waals surface area contributed by atoms with E-state index in [0.29, 0.717) is 36.0 Å². The first-order valence-electron chi connectivity index (χ1n) is 8.29. The van der Waals surface area contributed by atoms with Crippen molar-refractivity contribution in [2.75, 3.05) is 11.5 Å². The van der Waals surface area contributed by atoms with E-state index in [4.69, 9.17) is 9.15 Å².